The standard InChI is InChI=1S/C26H26N4O3S2/c1-13-15(3)35-26-22(13)23(27-20(12-21(32)33-5)25-29-28-16(4)30(25)26)18-8-6-17(7-9-18)19-10-11-34-24(19)14(2)31/h6-11,14,20,31H,12H2,1-5H3/t14?,20-/m0/s1. The number of esters is 1. The monoisotopic (exact) mass is 506 g/mol. The van der Waals surface area contributed by atoms with E-state index in [0.29, 0.717) is 5.82 Å². The highest BCUT2D eigenvalue weighted by atomic mass is 32.1. The Morgan fingerprint density at radius 2 is 1.86 bits per heavy atom. The van der Waals surface area contributed by atoms with Crippen LogP contribution < -0.4 is 0 Å². The molecule has 35 heavy (non-hydrogen) atoms. The van der Waals surface area contributed by atoms with Gasteiger partial charge in [0.25, 0.3) is 0 Å². The molecule has 1 aliphatic heterocycles. The quantitative estimate of drug-likeness (QED) is 0.362. The van der Waals surface area contributed by atoms with Gasteiger partial charge in [-0.2, -0.15) is 0 Å². The fourth-order valence-corrected chi connectivity index (χ4v) is 6.53. The molecule has 0 saturated carbocycles. The van der Waals surface area contributed by atoms with Crippen molar-refractivity contribution < 1.29 is 14.6 Å². The Labute approximate surface area is 211 Å². The summed E-state index contributed by atoms with van der Waals surface area (Å²) in [5.41, 5.74) is 6.05. The van der Waals surface area contributed by atoms with Crippen molar-refractivity contribution in [3.05, 3.63) is 73.8 Å². The van der Waals surface area contributed by atoms with Gasteiger partial charge in [0.2, 0.25) is 0 Å². The number of ether oxygens (including phenoxy) is 1. The van der Waals surface area contributed by atoms with Gasteiger partial charge in [0.15, 0.2) is 5.82 Å². The minimum Gasteiger partial charge on any atom is -0.469 e. The molecular weight excluding hydrogens is 480 g/mol. The number of rotatable bonds is 5. The molecule has 4 aromatic rings. The number of fused-ring (bicyclic) bond motifs is 3. The molecule has 2 atom stereocenters. The van der Waals surface area contributed by atoms with E-state index in [9.17, 15) is 9.90 Å². The average molecular weight is 507 g/mol. The van der Waals surface area contributed by atoms with Crippen LogP contribution >= 0.6 is 22.7 Å². The maximum Gasteiger partial charge on any atom is 0.308 e. The van der Waals surface area contributed by atoms with E-state index in [4.69, 9.17) is 9.73 Å². The molecule has 3 aromatic heterocycles. The van der Waals surface area contributed by atoms with Crippen LogP contribution in [-0.4, -0.2) is 38.7 Å². The van der Waals surface area contributed by atoms with Crippen molar-refractivity contribution in [3.8, 4) is 16.1 Å². The lowest BCUT2D eigenvalue weighted by atomic mass is 9.97. The summed E-state index contributed by atoms with van der Waals surface area (Å²) < 4.78 is 6.99. The van der Waals surface area contributed by atoms with E-state index in [-0.39, 0.29) is 12.4 Å². The summed E-state index contributed by atoms with van der Waals surface area (Å²) >= 11 is 3.24. The first-order chi connectivity index (χ1) is 16.8. The smallest absolute Gasteiger partial charge is 0.308 e. The number of benzene rings is 1. The van der Waals surface area contributed by atoms with Gasteiger partial charge < -0.3 is 9.84 Å². The molecule has 1 N–H and O–H groups in total. The third-order valence-electron chi connectivity index (χ3n) is 6.37. The van der Waals surface area contributed by atoms with Gasteiger partial charge in [-0.1, -0.05) is 24.3 Å². The lowest BCUT2D eigenvalue weighted by Crippen LogP contribution is -2.12. The van der Waals surface area contributed by atoms with Crippen molar-refractivity contribution in [1.82, 2.24) is 14.8 Å². The molecule has 0 fully saturated rings. The highest BCUT2D eigenvalue weighted by Gasteiger charge is 2.32. The Bertz CT molecular complexity index is 1440. The topological polar surface area (TPSA) is 89.6 Å². The summed E-state index contributed by atoms with van der Waals surface area (Å²) in [6.45, 7) is 7.92. The summed E-state index contributed by atoms with van der Waals surface area (Å²) in [6, 6.07) is 9.76. The molecule has 7 nitrogen and oxygen atoms in total. The SMILES string of the molecule is COC(=O)C[C@@H]1N=C(c2ccc(-c3ccsc3C(C)O)cc2)c2c(sc(C)c2C)-n2c(C)nnc21. The number of thiophene rings is 2. The van der Waals surface area contributed by atoms with Crippen LogP contribution in [-0.2, 0) is 9.53 Å². The predicted octanol–water partition coefficient (Wildman–Crippen LogP) is 5.49. The second kappa shape index (κ2) is 9.14. The molecule has 180 valence electrons. The number of aliphatic hydroxyl groups excluding tert-OH is 1. The second-order valence-corrected chi connectivity index (χ2v) is 10.8. The summed E-state index contributed by atoms with van der Waals surface area (Å²) in [6.07, 6.45) is -0.441. The number of aliphatic hydroxyl groups is 1. The summed E-state index contributed by atoms with van der Waals surface area (Å²) in [4.78, 5) is 19.5. The van der Waals surface area contributed by atoms with Crippen LogP contribution in [0.1, 0.15) is 63.6 Å². The first-order valence-electron chi connectivity index (χ1n) is 11.3. The summed E-state index contributed by atoms with van der Waals surface area (Å²) in [7, 11) is 1.38. The number of carbonyl (C=O) groups is 1. The van der Waals surface area contributed by atoms with Crippen LogP contribution in [0.15, 0.2) is 40.7 Å². The largest absolute Gasteiger partial charge is 0.469 e. The summed E-state index contributed by atoms with van der Waals surface area (Å²) in [5.74, 6) is 1.05. The van der Waals surface area contributed by atoms with Gasteiger partial charge in [-0.05, 0) is 55.8 Å². The highest BCUT2D eigenvalue weighted by Crippen LogP contribution is 2.40. The number of hydrogen-bond donors (Lipinski definition) is 1. The highest BCUT2D eigenvalue weighted by molar-refractivity contribution is 7.15. The minimum atomic E-state index is -0.520. The molecular formula is C26H26N4O3S2. The van der Waals surface area contributed by atoms with Crippen molar-refractivity contribution in [3.63, 3.8) is 0 Å². The van der Waals surface area contributed by atoms with Crippen LogP contribution in [0.4, 0.5) is 0 Å². The van der Waals surface area contributed by atoms with Crippen molar-refractivity contribution in [1.29, 1.82) is 0 Å². The lowest BCUT2D eigenvalue weighted by Gasteiger charge is -2.12. The zero-order valence-corrected chi connectivity index (χ0v) is 21.8. The molecule has 0 bridgehead atoms. The van der Waals surface area contributed by atoms with E-state index in [1.54, 1.807) is 29.6 Å². The van der Waals surface area contributed by atoms with Gasteiger partial charge in [-0.25, -0.2) is 0 Å². The molecule has 9 heteroatoms. The minimum absolute atomic E-state index is 0.0792. The average Bonchev–Trinajstić information content (AvgIpc) is 3.53. The van der Waals surface area contributed by atoms with E-state index >= 15 is 0 Å². The van der Waals surface area contributed by atoms with Gasteiger partial charge in [-0.3, -0.25) is 14.4 Å². The Hall–Kier alpha value is -3.14. The van der Waals surface area contributed by atoms with Gasteiger partial charge >= 0.3 is 5.97 Å². The molecule has 5 rings (SSSR count). The van der Waals surface area contributed by atoms with Gasteiger partial charge in [-0.15, -0.1) is 32.9 Å². The van der Waals surface area contributed by atoms with Crippen LogP contribution in [0.25, 0.3) is 16.1 Å². The maximum atomic E-state index is 12.3. The zero-order valence-electron chi connectivity index (χ0n) is 20.2. The Morgan fingerprint density at radius 1 is 1.14 bits per heavy atom. The second-order valence-electron chi connectivity index (χ2n) is 8.63. The van der Waals surface area contributed by atoms with Crippen LogP contribution in [0.5, 0.6) is 0 Å². The van der Waals surface area contributed by atoms with E-state index in [1.165, 1.54) is 12.0 Å². The van der Waals surface area contributed by atoms with Crippen molar-refractivity contribution in [2.45, 2.75) is 46.3 Å². The molecule has 1 aliphatic rings. The van der Waals surface area contributed by atoms with Gasteiger partial charge in [0, 0.05) is 20.9 Å². The van der Waals surface area contributed by atoms with E-state index in [0.717, 1.165) is 49.2 Å². The molecule has 0 spiro atoms. The van der Waals surface area contributed by atoms with E-state index < -0.39 is 12.1 Å². The molecule has 0 amide bonds. The van der Waals surface area contributed by atoms with E-state index in [2.05, 4.69) is 48.3 Å². The number of carbonyl (C=O) groups excluding carboxylic acids is 1. The van der Waals surface area contributed by atoms with Crippen LogP contribution in [0.2, 0.25) is 0 Å². The van der Waals surface area contributed by atoms with Crippen LogP contribution in [0.3, 0.4) is 0 Å². The Balaban J connectivity index is 1.67. The lowest BCUT2D eigenvalue weighted by molar-refractivity contribution is -0.141. The van der Waals surface area contributed by atoms with Crippen LogP contribution in [0, 0.1) is 20.8 Å². The first kappa shape index (κ1) is 23.6. The first-order valence-corrected chi connectivity index (χ1v) is 13.0. The Morgan fingerprint density at radius 3 is 2.54 bits per heavy atom. The number of aryl methyl sites for hydroxylation is 2. The Kier molecular flexibility index (Phi) is 6.16. The molecule has 0 radical (unpaired) electrons. The number of hydrogen-bond acceptors (Lipinski definition) is 8. The fraction of sp³-hybridized carbons (Fsp3) is 0.308. The number of nitrogens with zero attached hydrogens (tertiary/aromatic N) is 4. The number of aromatic nitrogens is 3. The normalized spacial score (nSPS) is 15.7. The van der Waals surface area contributed by atoms with Gasteiger partial charge in [0.05, 0.1) is 25.3 Å². The zero-order chi connectivity index (χ0) is 24.9. The van der Waals surface area contributed by atoms with Crippen molar-refractivity contribution in [2.75, 3.05) is 7.11 Å². The maximum absolute atomic E-state index is 12.3. The number of methoxy groups -OCH3 is 1. The van der Waals surface area contributed by atoms with E-state index in [1.807, 2.05) is 22.9 Å². The summed E-state index contributed by atoms with van der Waals surface area (Å²) in [5, 5.41) is 21.9. The third-order valence-corrected chi connectivity index (χ3v) is 8.65. The fourth-order valence-electron chi connectivity index (χ4n) is 4.46. The molecule has 1 unspecified atom stereocenters. The van der Waals surface area contributed by atoms with Gasteiger partial charge in [0.1, 0.15) is 16.9 Å². The molecule has 0 aliphatic carbocycles. The third kappa shape index (κ3) is 4.03. The molecule has 4 heterocycles. The number of aliphatic imine (C=N–C) groups is 1. The predicted molar refractivity (Wildman–Crippen MR) is 139 cm³/mol. The molecule has 1 aromatic carbocycles. The molecule has 0 saturated heterocycles. The van der Waals surface area contributed by atoms with Crippen molar-refractivity contribution >= 4 is 34.4 Å². The van der Waals surface area contributed by atoms with Crippen molar-refractivity contribution in [2.24, 2.45) is 4.99 Å².